The van der Waals surface area contributed by atoms with E-state index < -0.39 is 0 Å². The van der Waals surface area contributed by atoms with E-state index in [1.807, 2.05) is 55.5 Å². The number of carbonyl (C=O) groups is 1. The van der Waals surface area contributed by atoms with Crippen LogP contribution in [0.25, 0.3) is 10.2 Å². The maximum Gasteiger partial charge on any atom is 0.220 e. The van der Waals surface area contributed by atoms with Crippen LogP contribution in [0.1, 0.15) is 36.4 Å². The molecule has 2 aromatic carbocycles. The van der Waals surface area contributed by atoms with Crippen molar-refractivity contribution < 1.29 is 4.79 Å². The number of fused-ring (bicyclic) bond motifs is 1. The van der Waals surface area contributed by atoms with Crippen molar-refractivity contribution in [1.29, 1.82) is 0 Å². The van der Waals surface area contributed by atoms with Crippen LogP contribution < -0.4 is 5.32 Å². The second-order valence-corrected chi connectivity index (χ2v) is 6.74. The van der Waals surface area contributed by atoms with Crippen molar-refractivity contribution in [3.05, 3.63) is 65.2 Å². The lowest BCUT2D eigenvalue weighted by atomic mass is 10.1. The normalized spacial score (nSPS) is 12.2. The highest BCUT2D eigenvalue weighted by Crippen LogP contribution is 2.22. The van der Waals surface area contributed by atoms with Gasteiger partial charge in [0.25, 0.3) is 0 Å². The van der Waals surface area contributed by atoms with E-state index in [4.69, 9.17) is 0 Å². The number of para-hydroxylation sites is 1. The predicted octanol–water partition coefficient (Wildman–Crippen LogP) is 4.50. The summed E-state index contributed by atoms with van der Waals surface area (Å²) in [6.07, 6.45) is 2.22. The first-order valence-electron chi connectivity index (χ1n) is 7.91. The highest BCUT2D eigenvalue weighted by atomic mass is 32.1. The smallest absolute Gasteiger partial charge is 0.220 e. The van der Waals surface area contributed by atoms with Crippen molar-refractivity contribution in [1.82, 2.24) is 10.3 Å². The number of aryl methyl sites for hydroxylation is 1. The number of thiazole rings is 1. The maximum absolute atomic E-state index is 12.1. The zero-order valence-electron chi connectivity index (χ0n) is 13.2. The molecule has 23 heavy (non-hydrogen) atoms. The Morgan fingerprint density at radius 3 is 2.65 bits per heavy atom. The molecule has 0 spiro atoms. The zero-order valence-corrected chi connectivity index (χ0v) is 14.0. The number of aromatic nitrogens is 1. The third-order valence-electron chi connectivity index (χ3n) is 3.81. The molecule has 0 radical (unpaired) electrons. The first-order chi connectivity index (χ1) is 11.2. The minimum Gasteiger partial charge on any atom is -0.350 e. The van der Waals surface area contributed by atoms with Crippen molar-refractivity contribution in [2.45, 2.75) is 32.2 Å². The third kappa shape index (κ3) is 4.17. The summed E-state index contributed by atoms with van der Waals surface area (Å²) in [4.78, 5) is 16.7. The van der Waals surface area contributed by atoms with Gasteiger partial charge in [0.05, 0.1) is 21.3 Å². The summed E-state index contributed by atoms with van der Waals surface area (Å²) in [6, 6.07) is 18.2. The SMILES string of the molecule is C[C@@H](NC(=O)CCCc1nc2ccccc2s1)c1ccccc1. The average Bonchev–Trinajstić information content (AvgIpc) is 2.98. The van der Waals surface area contributed by atoms with Gasteiger partial charge in [0, 0.05) is 6.42 Å². The Kier molecular flexibility index (Phi) is 5.03. The highest BCUT2D eigenvalue weighted by molar-refractivity contribution is 7.18. The van der Waals surface area contributed by atoms with E-state index >= 15 is 0 Å². The number of hydrogen-bond donors (Lipinski definition) is 1. The van der Waals surface area contributed by atoms with Gasteiger partial charge in [-0.15, -0.1) is 11.3 Å². The van der Waals surface area contributed by atoms with Gasteiger partial charge in [0.1, 0.15) is 0 Å². The lowest BCUT2D eigenvalue weighted by molar-refractivity contribution is -0.121. The highest BCUT2D eigenvalue weighted by Gasteiger charge is 2.10. The Morgan fingerprint density at radius 1 is 1.13 bits per heavy atom. The fourth-order valence-electron chi connectivity index (χ4n) is 2.57. The second-order valence-electron chi connectivity index (χ2n) is 5.63. The van der Waals surface area contributed by atoms with Gasteiger partial charge in [-0.1, -0.05) is 42.5 Å². The fraction of sp³-hybridized carbons (Fsp3) is 0.263. The number of hydrogen-bond acceptors (Lipinski definition) is 3. The molecule has 0 saturated carbocycles. The minimum absolute atomic E-state index is 0.0474. The van der Waals surface area contributed by atoms with Gasteiger partial charge in [-0.25, -0.2) is 4.98 Å². The number of benzene rings is 2. The summed E-state index contributed by atoms with van der Waals surface area (Å²) >= 11 is 1.72. The lowest BCUT2D eigenvalue weighted by Crippen LogP contribution is -2.26. The molecule has 0 bridgehead atoms. The Labute approximate surface area is 140 Å². The molecule has 0 aliphatic heterocycles. The molecule has 0 saturated heterocycles. The quantitative estimate of drug-likeness (QED) is 0.725. The molecule has 1 aromatic heterocycles. The summed E-state index contributed by atoms with van der Waals surface area (Å²) < 4.78 is 1.21. The van der Waals surface area contributed by atoms with E-state index in [1.54, 1.807) is 11.3 Å². The molecular formula is C19H20N2OS. The van der Waals surface area contributed by atoms with Gasteiger partial charge in [-0.05, 0) is 37.5 Å². The zero-order chi connectivity index (χ0) is 16.1. The van der Waals surface area contributed by atoms with E-state index in [1.165, 1.54) is 4.70 Å². The topological polar surface area (TPSA) is 42.0 Å². The van der Waals surface area contributed by atoms with Gasteiger partial charge in [0.15, 0.2) is 0 Å². The van der Waals surface area contributed by atoms with Crippen LogP contribution in [0.15, 0.2) is 54.6 Å². The predicted molar refractivity (Wildman–Crippen MR) is 95.6 cm³/mol. The summed E-state index contributed by atoms with van der Waals surface area (Å²) in [5.74, 6) is 0.0995. The fourth-order valence-corrected chi connectivity index (χ4v) is 3.57. The maximum atomic E-state index is 12.1. The number of nitrogens with zero attached hydrogens (tertiary/aromatic N) is 1. The van der Waals surface area contributed by atoms with Gasteiger partial charge in [-0.2, -0.15) is 0 Å². The average molecular weight is 324 g/mol. The lowest BCUT2D eigenvalue weighted by Gasteiger charge is -2.14. The molecule has 3 aromatic rings. The first-order valence-corrected chi connectivity index (χ1v) is 8.73. The molecule has 0 aliphatic rings. The Morgan fingerprint density at radius 2 is 1.87 bits per heavy atom. The summed E-state index contributed by atoms with van der Waals surface area (Å²) in [7, 11) is 0. The van der Waals surface area contributed by atoms with Crippen LogP contribution in [0.3, 0.4) is 0 Å². The molecule has 0 aliphatic carbocycles. The van der Waals surface area contributed by atoms with Crippen LogP contribution in [0.4, 0.5) is 0 Å². The van der Waals surface area contributed by atoms with Crippen LogP contribution in [0.5, 0.6) is 0 Å². The van der Waals surface area contributed by atoms with E-state index in [9.17, 15) is 4.79 Å². The molecule has 0 unspecified atom stereocenters. The molecule has 1 N–H and O–H groups in total. The Balaban J connectivity index is 1.47. The van der Waals surface area contributed by atoms with Gasteiger partial charge in [0.2, 0.25) is 5.91 Å². The monoisotopic (exact) mass is 324 g/mol. The summed E-state index contributed by atoms with van der Waals surface area (Å²) in [6.45, 7) is 2.01. The molecule has 3 rings (SSSR count). The van der Waals surface area contributed by atoms with Crippen LogP contribution in [-0.4, -0.2) is 10.9 Å². The number of nitrogens with one attached hydrogen (secondary N) is 1. The van der Waals surface area contributed by atoms with Crippen molar-refractivity contribution in [2.75, 3.05) is 0 Å². The Bertz CT molecular complexity index is 749. The largest absolute Gasteiger partial charge is 0.350 e. The molecule has 4 heteroatoms. The van der Waals surface area contributed by atoms with E-state index in [2.05, 4.69) is 16.4 Å². The molecular weight excluding hydrogens is 304 g/mol. The first kappa shape index (κ1) is 15.7. The van der Waals surface area contributed by atoms with Crippen LogP contribution in [0.2, 0.25) is 0 Å². The number of amides is 1. The molecule has 118 valence electrons. The molecule has 1 amide bonds. The Hall–Kier alpha value is -2.20. The van der Waals surface area contributed by atoms with E-state index in [-0.39, 0.29) is 11.9 Å². The second kappa shape index (κ2) is 7.38. The van der Waals surface area contributed by atoms with Crippen molar-refractivity contribution in [3.8, 4) is 0 Å². The van der Waals surface area contributed by atoms with E-state index in [0.29, 0.717) is 6.42 Å². The van der Waals surface area contributed by atoms with Crippen LogP contribution >= 0.6 is 11.3 Å². The molecule has 0 fully saturated rings. The van der Waals surface area contributed by atoms with Crippen molar-refractivity contribution >= 4 is 27.5 Å². The van der Waals surface area contributed by atoms with E-state index in [0.717, 1.165) is 28.9 Å². The van der Waals surface area contributed by atoms with Gasteiger partial charge in [-0.3, -0.25) is 4.79 Å². The molecule has 1 heterocycles. The third-order valence-corrected chi connectivity index (χ3v) is 4.91. The van der Waals surface area contributed by atoms with Gasteiger partial charge < -0.3 is 5.32 Å². The van der Waals surface area contributed by atoms with Crippen LogP contribution in [-0.2, 0) is 11.2 Å². The van der Waals surface area contributed by atoms with Crippen molar-refractivity contribution in [2.24, 2.45) is 0 Å². The standard InChI is InChI=1S/C19H20N2OS/c1-14(15-8-3-2-4-9-15)20-18(22)12-7-13-19-21-16-10-5-6-11-17(16)23-19/h2-6,8-11,14H,7,12-13H2,1H3,(H,20,22)/t14-/m1/s1. The molecule has 3 nitrogen and oxygen atoms in total. The summed E-state index contributed by atoms with van der Waals surface area (Å²) in [5.41, 5.74) is 2.18. The number of rotatable bonds is 6. The number of carbonyl (C=O) groups excluding carboxylic acids is 1. The van der Waals surface area contributed by atoms with Crippen molar-refractivity contribution in [3.63, 3.8) is 0 Å². The van der Waals surface area contributed by atoms with Gasteiger partial charge >= 0.3 is 0 Å². The minimum atomic E-state index is 0.0474. The molecule has 1 atom stereocenters. The summed E-state index contributed by atoms with van der Waals surface area (Å²) in [5, 5.41) is 4.16. The van der Waals surface area contributed by atoms with Crippen LogP contribution in [0, 0.1) is 0 Å².